The van der Waals surface area contributed by atoms with Gasteiger partial charge in [0, 0.05) is 6.42 Å². The van der Waals surface area contributed by atoms with Gasteiger partial charge >= 0.3 is 0 Å². The van der Waals surface area contributed by atoms with E-state index in [1.54, 1.807) is 0 Å². The second-order valence-electron chi connectivity index (χ2n) is 2.40. The van der Waals surface area contributed by atoms with E-state index in [0.717, 1.165) is 12.8 Å². The zero-order valence-electron chi connectivity index (χ0n) is 6.87. The standard InChI is InChI=1S/C7H13N3O/c1-3-5(8)7-10-9-6(4-2)11-7/h5H,3-4,8H2,1-2H3. The van der Waals surface area contributed by atoms with E-state index in [9.17, 15) is 0 Å². The molecule has 62 valence electrons. The van der Waals surface area contributed by atoms with Crippen LogP contribution in [0.2, 0.25) is 0 Å². The predicted octanol–water partition coefficient (Wildman–Crippen LogP) is 1.04. The molecule has 11 heavy (non-hydrogen) atoms. The molecule has 1 aromatic heterocycles. The Bertz CT molecular complexity index is 221. The van der Waals surface area contributed by atoms with Gasteiger partial charge in [-0.15, -0.1) is 10.2 Å². The molecule has 4 heteroatoms. The zero-order chi connectivity index (χ0) is 8.27. The van der Waals surface area contributed by atoms with Gasteiger partial charge in [-0.2, -0.15) is 0 Å². The van der Waals surface area contributed by atoms with Crippen LogP contribution in [0.1, 0.15) is 38.1 Å². The number of hydrogen-bond acceptors (Lipinski definition) is 4. The Morgan fingerprint density at radius 1 is 1.45 bits per heavy atom. The lowest BCUT2D eigenvalue weighted by Gasteiger charge is -1.99. The Labute approximate surface area is 65.8 Å². The SMILES string of the molecule is CCc1nnc(C(N)CC)o1. The number of nitrogens with zero attached hydrogens (tertiary/aromatic N) is 2. The fourth-order valence-corrected chi connectivity index (χ4v) is 0.734. The van der Waals surface area contributed by atoms with Crippen LogP contribution in [-0.4, -0.2) is 10.2 Å². The van der Waals surface area contributed by atoms with Gasteiger partial charge in [-0.1, -0.05) is 13.8 Å². The Morgan fingerprint density at radius 2 is 2.18 bits per heavy atom. The minimum absolute atomic E-state index is 0.109. The van der Waals surface area contributed by atoms with E-state index >= 15 is 0 Å². The fraction of sp³-hybridized carbons (Fsp3) is 0.714. The first-order valence-electron chi connectivity index (χ1n) is 3.85. The maximum Gasteiger partial charge on any atom is 0.233 e. The van der Waals surface area contributed by atoms with Crippen molar-refractivity contribution >= 4 is 0 Å². The van der Waals surface area contributed by atoms with E-state index in [2.05, 4.69) is 10.2 Å². The highest BCUT2D eigenvalue weighted by molar-refractivity contribution is 4.87. The summed E-state index contributed by atoms with van der Waals surface area (Å²) in [7, 11) is 0. The normalized spacial score (nSPS) is 13.4. The monoisotopic (exact) mass is 155 g/mol. The Morgan fingerprint density at radius 3 is 2.64 bits per heavy atom. The number of hydrogen-bond donors (Lipinski definition) is 1. The van der Waals surface area contributed by atoms with Crippen LogP contribution in [0.5, 0.6) is 0 Å². The molecule has 0 aliphatic rings. The second kappa shape index (κ2) is 3.48. The minimum atomic E-state index is -0.109. The van der Waals surface area contributed by atoms with Crippen molar-refractivity contribution in [1.82, 2.24) is 10.2 Å². The molecule has 0 aliphatic carbocycles. The summed E-state index contributed by atoms with van der Waals surface area (Å²) in [5.41, 5.74) is 5.67. The summed E-state index contributed by atoms with van der Waals surface area (Å²) in [6.07, 6.45) is 1.59. The number of aryl methyl sites for hydroxylation is 1. The summed E-state index contributed by atoms with van der Waals surface area (Å²) >= 11 is 0. The van der Waals surface area contributed by atoms with Crippen LogP contribution >= 0.6 is 0 Å². The largest absolute Gasteiger partial charge is 0.424 e. The first-order chi connectivity index (χ1) is 5.27. The molecule has 0 aliphatic heterocycles. The number of aromatic nitrogens is 2. The second-order valence-corrected chi connectivity index (χ2v) is 2.40. The van der Waals surface area contributed by atoms with E-state index in [1.165, 1.54) is 0 Å². The van der Waals surface area contributed by atoms with Gasteiger partial charge in [0.25, 0.3) is 0 Å². The van der Waals surface area contributed by atoms with Crippen molar-refractivity contribution in [2.24, 2.45) is 5.73 Å². The van der Waals surface area contributed by atoms with Crippen molar-refractivity contribution in [3.05, 3.63) is 11.8 Å². The molecule has 4 nitrogen and oxygen atoms in total. The van der Waals surface area contributed by atoms with E-state index in [4.69, 9.17) is 10.2 Å². The van der Waals surface area contributed by atoms with Crippen LogP contribution in [0, 0.1) is 0 Å². The Kier molecular flexibility index (Phi) is 2.59. The highest BCUT2D eigenvalue weighted by atomic mass is 16.4. The molecule has 1 atom stereocenters. The molecule has 0 bridgehead atoms. The van der Waals surface area contributed by atoms with Crippen LogP contribution in [-0.2, 0) is 6.42 Å². The molecule has 1 unspecified atom stereocenters. The third-order valence-electron chi connectivity index (χ3n) is 1.54. The lowest BCUT2D eigenvalue weighted by Crippen LogP contribution is -2.08. The summed E-state index contributed by atoms with van der Waals surface area (Å²) < 4.78 is 5.24. The molecular weight excluding hydrogens is 142 g/mol. The highest BCUT2D eigenvalue weighted by Gasteiger charge is 2.10. The van der Waals surface area contributed by atoms with Gasteiger partial charge in [0.2, 0.25) is 11.8 Å². The summed E-state index contributed by atoms with van der Waals surface area (Å²) in [5, 5.41) is 7.62. The average molecular weight is 155 g/mol. The first-order valence-corrected chi connectivity index (χ1v) is 3.85. The van der Waals surface area contributed by atoms with Gasteiger partial charge in [-0.05, 0) is 6.42 Å². The van der Waals surface area contributed by atoms with Gasteiger partial charge in [0.15, 0.2) is 0 Å². The molecule has 0 fully saturated rings. The van der Waals surface area contributed by atoms with Crippen LogP contribution in [0.4, 0.5) is 0 Å². The highest BCUT2D eigenvalue weighted by Crippen LogP contribution is 2.11. The van der Waals surface area contributed by atoms with Gasteiger partial charge in [-0.3, -0.25) is 0 Å². The van der Waals surface area contributed by atoms with Crippen LogP contribution in [0.25, 0.3) is 0 Å². The first kappa shape index (κ1) is 8.20. The molecule has 0 amide bonds. The summed E-state index contributed by atoms with van der Waals surface area (Å²) in [6.45, 7) is 3.95. The Hall–Kier alpha value is -0.900. The van der Waals surface area contributed by atoms with Gasteiger partial charge in [-0.25, -0.2) is 0 Å². The summed E-state index contributed by atoms with van der Waals surface area (Å²) in [6, 6.07) is -0.109. The Balaban J connectivity index is 2.71. The molecule has 1 aromatic rings. The maximum atomic E-state index is 5.67. The molecule has 0 saturated heterocycles. The minimum Gasteiger partial charge on any atom is -0.424 e. The van der Waals surface area contributed by atoms with Crippen molar-refractivity contribution in [2.75, 3.05) is 0 Å². The lowest BCUT2D eigenvalue weighted by atomic mass is 10.2. The average Bonchev–Trinajstić information content (AvgIpc) is 2.50. The third-order valence-corrected chi connectivity index (χ3v) is 1.54. The van der Waals surface area contributed by atoms with Crippen LogP contribution < -0.4 is 5.73 Å². The van der Waals surface area contributed by atoms with Crippen LogP contribution in [0.15, 0.2) is 4.42 Å². The number of nitrogens with two attached hydrogens (primary N) is 1. The molecule has 1 rings (SSSR count). The molecular formula is C7H13N3O. The van der Waals surface area contributed by atoms with E-state index in [1.807, 2.05) is 13.8 Å². The zero-order valence-corrected chi connectivity index (χ0v) is 6.87. The van der Waals surface area contributed by atoms with E-state index in [-0.39, 0.29) is 6.04 Å². The van der Waals surface area contributed by atoms with Crippen molar-refractivity contribution < 1.29 is 4.42 Å². The number of rotatable bonds is 3. The van der Waals surface area contributed by atoms with Crippen molar-refractivity contribution in [2.45, 2.75) is 32.7 Å². The topological polar surface area (TPSA) is 64.9 Å². The van der Waals surface area contributed by atoms with Crippen LogP contribution in [0.3, 0.4) is 0 Å². The predicted molar refractivity (Wildman–Crippen MR) is 40.9 cm³/mol. The molecule has 0 radical (unpaired) electrons. The molecule has 1 heterocycles. The van der Waals surface area contributed by atoms with E-state index < -0.39 is 0 Å². The van der Waals surface area contributed by atoms with Crippen molar-refractivity contribution in [3.8, 4) is 0 Å². The smallest absolute Gasteiger partial charge is 0.233 e. The van der Waals surface area contributed by atoms with Gasteiger partial charge < -0.3 is 10.2 Å². The quantitative estimate of drug-likeness (QED) is 0.708. The van der Waals surface area contributed by atoms with E-state index in [0.29, 0.717) is 11.8 Å². The molecule has 2 N–H and O–H groups in total. The fourth-order valence-electron chi connectivity index (χ4n) is 0.734. The lowest BCUT2D eigenvalue weighted by molar-refractivity contribution is 0.416. The van der Waals surface area contributed by atoms with Gasteiger partial charge in [0.05, 0.1) is 6.04 Å². The molecule has 0 aromatic carbocycles. The van der Waals surface area contributed by atoms with Crippen molar-refractivity contribution in [3.63, 3.8) is 0 Å². The summed E-state index contributed by atoms with van der Waals surface area (Å²) in [4.78, 5) is 0. The summed E-state index contributed by atoms with van der Waals surface area (Å²) in [5.74, 6) is 1.20. The molecule has 0 spiro atoms. The van der Waals surface area contributed by atoms with Crippen molar-refractivity contribution in [1.29, 1.82) is 0 Å². The van der Waals surface area contributed by atoms with Gasteiger partial charge in [0.1, 0.15) is 0 Å². The molecule has 0 saturated carbocycles. The third kappa shape index (κ3) is 1.77. The maximum absolute atomic E-state index is 5.67.